The lowest BCUT2D eigenvalue weighted by molar-refractivity contribution is 0.102. The van der Waals surface area contributed by atoms with E-state index >= 15 is 0 Å². The average molecular weight is 397 g/mol. The molecule has 4 aromatic rings. The summed E-state index contributed by atoms with van der Waals surface area (Å²) in [6, 6.07) is 16.2. The van der Waals surface area contributed by atoms with Crippen LogP contribution < -0.4 is 5.32 Å². The molecule has 0 atom stereocenters. The van der Waals surface area contributed by atoms with E-state index < -0.39 is 0 Å². The first-order valence-corrected chi connectivity index (χ1v) is 9.15. The van der Waals surface area contributed by atoms with Crippen molar-refractivity contribution < 1.29 is 4.79 Å². The molecule has 0 spiro atoms. The Hall–Kier alpha value is -3.10. The summed E-state index contributed by atoms with van der Waals surface area (Å²) in [5.41, 5.74) is 2.74. The highest BCUT2D eigenvalue weighted by Crippen LogP contribution is 2.24. The summed E-state index contributed by atoms with van der Waals surface area (Å²) in [6.45, 7) is 1.88. The maximum atomic E-state index is 12.2. The lowest BCUT2D eigenvalue weighted by Crippen LogP contribution is -2.11. The fraction of sp³-hybridized carbons (Fsp3) is 0.0556. The van der Waals surface area contributed by atoms with Crippen molar-refractivity contribution in [3.63, 3.8) is 0 Å². The van der Waals surface area contributed by atoms with Gasteiger partial charge in [0.2, 0.25) is 5.13 Å². The standard InChI is InChI=1S/C18H13ClN6OS/c1-11-15(22-24-25(11)14-9-7-13(19)8-10-14)16-20-18(27-23-16)21-17(26)12-5-3-2-4-6-12/h2-10H,1H3,(H,20,21,23,26). The molecule has 1 N–H and O–H groups in total. The molecule has 2 aromatic carbocycles. The van der Waals surface area contributed by atoms with Crippen LogP contribution >= 0.6 is 23.1 Å². The van der Waals surface area contributed by atoms with Crippen LogP contribution in [0.2, 0.25) is 5.02 Å². The van der Waals surface area contributed by atoms with E-state index in [0.29, 0.717) is 27.2 Å². The Bertz CT molecular complexity index is 1090. The summed E-state index contributed by atoms with van der Waals surface area (Å²) >= 11 is 7.03. The van der Waals surface area contributed by atoms with Gasteiger partial charge in [0.25, 0.3) is 5.91 Å². The first kappa shape index (κ1) is 17.3. The second-order valence-corrected chi connectivity index (χ2v) is 6.84. The predicted octanol–water partition coefficient (Wildman–Crippen LogP) is 4.00. The molecule has 0 bridgehead atoms. The number of carbonyl (C=O) groups is 1. The van der Waals surface area contributed by atoms with Crippen LogP contribution in [0.15, 0.2) is 54.6 Å². The van der Waals surface area contributed by atoms with E-state index in [9.17, 15) is 4.79 Å². The Morgan fingerprint density at radius 2 is 1.85 bits per heavy atom. The highest BCUT2D eigenvalue weighted by Gasteiger charge is 2.17. The zero-order valence-electron chi connectivity index (χ0n) is 14.1. The fourth-order valence-corrected chi connectivity index (χ4v) is 3.18. The van der Waals surface area contributed by atoms with Gasteiger partial charge in [-0.15, -0.1) is 5.10 Å². The van der Waals surface area contributed by atoms with E-state index in [-0.39, 0.29) is 5.91 Å². The van der Waals surface area contributed by atoms with Gasteiger partial charge in [0.1, 0.15) is 0 Å². The maximum Gasteiger partial charge on any atom is 0.257 e. The molecule has 1 amide bonds. The molecule has 2 aromatic heterocycles. The first-order valence-electron chi connectivity index (χ1n) is 8.00. The van der Waals surface area contributed by atoms with Gasteiger partial charge in [0.05, 0.1) is 11.4 Å². The molecule has 0 radical (unpaired) electrons. The highest BCUT2D eigenvalue weighted by molar-refractivity contribution is 7.10. The lowest BCUT2D eigenvalue weighted by atomic mass is 10.2. The van der Waals surface area contributed by atoms with Crippen molar-refractivity contribution in [3.05, 3.63) is 70.9 Å². The quantitative estimate of drug-likeness (QED) is 0.563. The van der Waals surface area contributed by atoms with Gasteiger partial charge in [-0.25, -0.2) is 4.68 Å². The normalized spacial score (nSPS) is 10.7. The number of nitrogens with zero attached hydrogens (tertiary/aromatic N) is 5. The van der Waals surface area contributed by atoms with Gasteiger partial charge in [-0.05, 0) is 43.3 Å². The largest absolute Gasteiger partial charge is 0.297 e. The molecule has 4 rings (SSSR count). The van der Waals surface area contributed by atoms with E-state index in [0.717, 1.165) is 22.9 Å². The number of benzene rings is 2. The van der Waals surface area contributed by atoms with Crippen molar-refractivity contribution in [1.29, 1.82) is 0 Å². The number of nitrogens with one attached hydrogen (secondary N) is 1. The van der Waals surface area contributed by atoms with Crippen molar-refractivity contribution in [3.8, 4) is 17.2 Å². The van der Waals surface area contributed by atoms with Crippen LogP contribution in [-0.2, 0) is 0 Å². The second-order valence-electron chi connectivity index (χ2n) is 5.65. The third kappa shape index (κ3) is 3.57. The van der Waals surface area contributed by atoms with Crippen LogP contribution in [0.25, 0.3) is 17.2 Å². The Morgan fingerprint density at radius 3 is 2.59 bits per heavy atom. The van der Waals surface area contributed by atoms with Gasteiger partial charge in [0.15, 0.2) is 11.5 Å². The molecule has 0 saturated carbocycles. The van der Waals surface area contributed by atoms with E-state index in [1.165, 1.54) is 0 Å². The molecule has 2 heterocycles. The van der Waals surface area contributed by atoms with Crippen LogP contribution in [0.4, 0.5) is 5.13 Å². The van der Waals surface area contributed by atoms with E-state index in [2.05, 4.69) is 25.0 Å². The molecule has 0 aliphatic rings. The summed E-state index contributed by atoms with van der Waals surface area (Å²) < 4.78 is 5.98. The number of rotatable bonds is 4. The van der Waals surface area contributed by atoms with Crippen LogP contribution in [-0.4, -0.2) is 30.3 Å². The first-order chi connectivity index (χ1) is 13.1. The predicted molar refractivity (Wildman–Crippen MR) is 104 cm³/mol. The average Bonchev–Trinajstić information content (AvgIpc) is 3.29. The third-order valence-electron chi connectivity index (χ3n) is 3.86. The monoisotopic (exact) mass is 396 g/mol. The van der Waals surface area contributed by atoms with Gasteiger partial charge >= 0.3 is 0 Å². The summed E-state index contributed by atoms with van der Waals surface area (Å²) in [5.74, 6) is 0.181. The van der Waals surface area contributed by atoms with E-state index in [1.807, 2.05) is 25.1 Å². The Kier molecular flexibility index (Phi) is 4.66. The summed E-state index contributed by atoms with van der Waals surface area (Å²) in [4.78, 5) is 16.6. The van der Waals surface area contributed by atoms with Crippen LogP contribution in [0.1, 0.15) is 16.1 Å². The Balaban J connectivity index is 1.57. The Morgan fingerprint density at radius 1 is 1.11 bits per heavy atom. The smallest absolute Gasteiger partial charge is 0.257 e. The minimum absolute atomic E-state index is 0.236. The zero-order valence-corrected chi connectivity index (χ0v) is 15.7. The number of hydrogen-bond donors (Lipinski definition) is 1. The minimum atomic E-state index is -0.236. The van der Waals surface area contributed by atoms with Crippen molar-refractivity contribution in [2.75, 3.05) is 5.32 Å². The summed E-state index contributed by atoms with van der Waals surface area (Å²) in [5, 5.41) is 12.2. The van der Waals surface area contributed by atoms with Crippen molar-refractivity contribution in [1.82, 2.24) is 24.4 Å². The number of anilines is 1. The van der Waals surface area contributed by atoms with Gasteiger partial charge in [-0.2, -0.15) is 9.36 Å². The minimum Gasteiger partial charge on any atom is -0.297 e. The molecule has 0 aliphatic heterocycles. The van der Waals surface area contributed by atoms with E-state index in [1.54, 1.807) is 41.1 Å². The van der Waals surface area contributed by atoms with Crippen LogP contribution in [0, 0.1) is 6.92 Å². The zero-order chi connectivity index (χ0) is 18.8. The van der Waals surface area contributed by atoms with E-state index in [4.69, 9.17) is 11.6 Å². The SMILES string of the molecule is Cc1c(-c2nsc(NC(=O)c3ccccc3)n2)nnn1-c1ccc(Cl)cc1. The molecule has 0 aliphatic carbocycles. The van der Waals surface area contributed by atoms with Gasteiger partial charge < -0.3 is 0 Å². The lowest BCUT2D eigenvalue weighted by Gasteiger charge is -2.02. The molecular formula is C18H13ClN6OS. The Labute approximate surface area is 163 Å². The molecule has 0 saturated heterocycles. The number of amides is 1. The molecule has 27 heavy (non-hydrogen) atoms. The summed E-state index contributed by atoms with van der Waals surface area (Å²) in [6.07, 6.45) is 0. The molecule has 0 unspecified atom stereocenters. The summed E-state index contributed by atoms with van der Waals surface area (Å²) in [7, 11) is 0. The van der Waals surface area contributed by atoms with Crippen molar-refractivity contribution in [2.24, 2.45) is 0 Å². The van der Waals surface area contributed by atoms with Crippen molar-refractivity contribution >= 4 is 34.2 Å². The number of carbonyl (C=O) groups excluding carboxylic acids is 1. The number of aromatic nitrogens is 5. The number of halogens is 1. The second kappa shape index (κ2) is 7.26. The van der Waals surface area contributed by atoms with Gasteiger partial charge in [-0.1, -0.05) is 35.0 Å². The maximum absolute atomic E-state index is 12.2. The third-order valence-corrected chi connectivity index (χ3v) is 4.74. The molecular weight excluding hydrogens is 384 g/mol. The molecule has 9 heteroatoms. The number of hydrogen-bond acceptors (Lipinski definition) is 6. The fourth-order valence-electron chi connectivity index (χ4n) is 2.49. The van der Waals surface area contributed by atoms with Crippen LogP contribution in [0.3, 0.4) is 0 Å². The topological polar surface area (TPSA) is 85.6 Å². The molecule has 134 valence electrons. The van der Waals surface area contributed by atoms with Crippen molar-refractivity contribution in [2.45, 2.75) is 6.92 Å². The molecule has 7 nitrogen and oxygen atoms in total. The van der Waals surface area contributed by atoms with Gasteiger partial charge in [0, 0.05) is 22.1 Å². The van der Waals surface area contributed by atoms with Crippen LogP contribution in [0.5, 0.6) is 0 Å². The van der Waals surface area contributed by atoms with Gasteiger partial charge in [-0.3, -0.25) is 10.1 Å². The highest BCUT2D eigenvalue weighted by atomic mass is 35.5. The molecule has 0 fully saturated rings.